The van der Waals surface area contributed by atoms with E-state index in [9.17, 15) is 13.4 Å². The number of ether oxygens (including phenoxy) is 1. The maximum atomic E-state index is 14.4. The molecule has 0 fully saturated rings. The summed E-state index contributed by atoms with van der Waals surface area (Å²) in [4.78, 5) is 25.4. The molecule has 10 heteroatoms. The molecule has 1 amide bonds. The molecule has 1 N–H and O–H groups in total. The average molecular weight is 363 g/mol. The number of rotatable bonds is 2. The van der Waals surface area contributed by atoms with Gasteiger partial charge in [0, 0.05) is 18.5 Å². The van der Waals surface area contributed by atoms with Crippen molar-refractivity contribution in [2.24, 2.45) is 4.99 Å². The first-order valence-electron chi connectivity index (χ1n) is 7.60. The van der Waals surface area contributed by atoms with Crippen molar-refractivity contribution in [2.75, 3.05) is 13.2 Å². The quantitative estimate of drug-likeness (QED) is 0.783. The second-order valence-electron chi connectivity index (χ2n) is 5.84. The Hall–Kier alpha value is -2.62. The van der Waals surface area contributed by atoms with Crippen LogP contribution in [0, 0.1) is 0 Å². The van der Waals surface area contributed by atoms with Crippen LogP contribution < -0.4 is 10.1 Å². The summed E-state index contributed by atoms with van der Waals surface area (Å²) in [5.41, 5.74) is 0.334. The van der Waals surface area contributed by atoms with Crippen molar-refractivity contribution in [3.8, 4) is 5.88 Å². The zero-order chi connectivity index (χ0) is 17.8. The summed E-state index contributed by atoms with van der Waals surface area (Å²) >= 11 is 0. The van der Waals surface area contributed by atoms with E-state index >= 15 is 0 Å². The highest BCUT2D eigenvalue weighted by Gasteiger charge is 2.44. The van der Waals surface area contributed by atoms with Crippen LogP contribution in [0.1, 0.15) is 24.2 Å². The van der Waals surface area contributed by atoms with Gasteiger partial charge >= 0.3 is 0 Å². The largest absolute Gasteiger partial charge is 0.477 e. The van der Waals surface area contributed by atoms with E-state index in [0.717, 1.165) is 0 Å². The Morgan fingerprint density at radius 3 is 3.08 bits per heavy atom. The number of nitrogens with one attached hydrogen (secondary N) is 1. The molecule has 2 atom stereocenters. The third-order valence-corrected chi connectivity index (χ3v) is 5.50. The van der Waals surface area contributed by atoms with E-state index in [1.807, 2.05) is 0 Å². The number of halogens is 1. The highest BCUT2D eigenvalue weighted by molar-refractivity contribution is 7.86. The Bertz CT molecular complexity index is 912. The minimum atomic E-state index is -1.76. The number of carbonyl (C=O) groups is 1. The van der Waals surface area contributed by atoms with Crippen molar-refractivity contribution >= 4 is 22.5 Å². The lowest BCUT2D eigenvalue weighted by Crippen LogP contribution is -2.38. The number of amidine groups is 1. The number of fused-ring (bicyclic) bond motifs is 3. The normalized spacial score (nSPS) is 27.2. The van der Waals surface area contributed by atoms with Gasteiger partial charge < -0.3 is 15.0 Å². The molecule has 0 spiro atoms. The maximum Gasteiger partial charge on any atom is 0.262 e. The number of amides is 1. The van der Waals surface area contributed by atoms with Crippen LogP contribution in [0.15, 0.2) is 40.1 Å². The van der Waals surface area contributed by atoms with Gasteiger partial charge in [0.1, 0.15) is 16.4 Å². The van der Waals surface area contributed by atoms with E-state index in [-0.39, 0.29) is 41.3 Å². The predicted molar refractivity (Wildman–Crippen MR) is 86.9 cm³/mol. The molecule has 0 saturated carbocycles. The van der Waals surface area contributed by atoms with Gasteiger partial charge in [0.15, 0.2) is 16.5 Å². The molecular formula is C15H14FN5O3S. The summed E-state index contributed by atoms with van der Waals surface area (Å²) in [6.45, 7) is 3.84. The van der Waals surface area contributed by atoms with Crippen LogP contribution in [0.5, 0.6) is 5.88 Å². The molecule has 5 rings (SSSR count). The van der Waals surface area contributed by atoms with Gasteiger partial charge in [-0.3, -0.25) is 4.79 Å². The number of allylic oxidation sites excluding steroid dienone is 1. The molecule has 5 bridgehead atoms. The zero-order valence-electron chi connectivity index (χ0n) is 13.4. The lowest BCUT2D eigenvalue weighted by atomic mass is 10.2. The summed E-state index contributed by atoms with van der Waals surface area (Å²) in [5.74, 6) is -1.04. The summed E-state index contributed by atoms with van der Waals surface area (Å²) in [6.07, 6.45) is 4.00. The average Bonchev–Trinajstić information content (AvgIpc) is 2.92. The van der Waals surface area contributed by atoms with Crippen LogP contribution in [0.25, 0.3) is 0 Å². The standard InChI is InChI=1S/C15H14FN5O3S/c1-3-24-13-9-5-17-14(19-13)25(23)15(2)7-21-6-8(18-12(9)22)4-10(16)11(21)20-15/h4-6H,3,7H2,1-2H3,(H,18,22). The van der Waals surface area contributed by atoms with Gasteiger partial charge in [-0.1, -0.05) is 0 Å². The Morgan fingerprint density at radius 2 is 2.32 bits per heavy atom. The van der Waals surface area contributed by atoms with E-state index in [1.165, 1.54) is 17.2 Å². The molecule has 8 nitrogen and oxygen atoms in total. The molecule has 4 aliphatic rings. The number of hydrogen-bond acceptors (Lipinski definition) is 7. The third-order valence-electron chi connectivity index (χ3n) is 3.95. The molecule has 130 valence electrons. The van der Waals surface area contributed by atoms with Crippen LogP contribution >= 0.6 is 0 Å². The fourth-order valence-corrected chi connectivity index (χ4v) is 3.96. The first-order valence-corrected chi connectivity index (χ1v) is 8.75. The second kappa shape index (κ2) is 5.45. The summed E-state index contributed by atoms with van der Waals surface area (Å²) < 4.78 is 32.8. The Labute approximate surface area is 145 Å². The molecule has 0 saturated heterocycles. The fourth-order valence-electron chi connectivity index (χ4n) is 2.82. The molecule has 2 unspecified atom stereocenters. The topological polar surface area (TPSA) is 96.8 Å². The summed E-state index contributed by atoms with van der Waals surface area (Å²) in [5, 5.41) is 2.60. The Balaban J connectivity index is 1.93. The lowest BCUT2D eigenvalue weighted by molar-refractivity contribution is 0.0961. The van der Waals surface area contributed by atoms with E-state index < -0.39 is 27.4 Å². The molecule has 4 aliphatic heterocycles. The molecule has 0 aromatic carbocycles. The van der Waals surface area contributed by atoms with Gasteiger partial charge in [-0.2, -0.15) is 4.98 Å². The predicted octanol–water partition coefficient (Wildman–Crippen LogP) is 0.865. The molecule has 0 radical (unpaired) electrons. The van der Waals surface area contributed by atoms with Crippen molar-refractivity contribution in [3.05, 3.63) is 35.6 Å². The number of aliphatic imine (C=N–C) groups is 1. The van der Waals surface area contributed by atoms with E-state index in [4.69, 9.17) is 4.74 Å². The molecule has 0 aliphatic carbocycles. The molecule has 1 aromatic heterocycles. The molecule has 1 aromatic rings. The smallest absolute Gasteiger partial charge is 0.262 e. The maximum absolute atomic E-state index is 14.4. The van der Waals surface area contributed by atoms with E-state index in [2.05, 4.69) is 20.3 Å². The molecule has 5 heterocycles. The first-order chi connectivity index (χ1) is 11.9. The van der Waals surface area contributed by atoms with Gasteiger partial charge in [0.05, 0.1) is 18.8 Å². The Kier molecular flexibility index (Phi) is 3.46. The minimum absolute atomic E-state index is 0.0131. The third kappa shape index (κ3) is 2.44. The van der Waals surface area contributed by atoms with Gasteiger partial charge in [-0.25, -0.2) is 18.6 Å². The van der Waals surface area contributed by atoms with Crippen LogP contribution in [0.2, 0.25) is 0 Å². The molecule has 25 heavy (non-hydrogen) atoms. The summed E-state index contributed by atoms with van der Waals surface area (Å²) in [6, 6.07) is 0. The van der Waals surface area contributed by atoms with Crippen LogP contribution in [0.4, 0.5) is 4.39 Å². The number of aromatic nitrogens is 2. The zero-order valence-corrected chi connectivity index (χ0v) is 14.3. The van der Waals surface area contributed by atoms with Crippen LogP contribution in [0.3, 0.4) is 0 Å². The SMILES string of the molecule is CCOc1nc2ncc1C(=O)NC1=CN3CC(C)(N=C3C(F)=C1)S2=O. The number of nitrogens with zero attached hydrogens (tertiary/aromatic N) is 4. The number of carbonyl (C=O) groups excluding carboxylic acids is 1. The second-order valence-corrected chi connectivity index (χ2v) is 7.62. The minimum Gasteiger partial charge on any atom is -0.477 e. The van der Waals surface area contributed by atoms with Crippen LogP contribution in [-0.2, 0) is 10.8 Å². The number of hydrogen-bond donors (Lipinski definition) is 1. The monoisotopic (exact) mass is 363 g/mol. The van der Waals surface area contributed by atoms with Crippen molar-refractivity contribution < 1.29 is 18.1 Å². The van der Waals surface area contributed by atoms with Crippen LogP contribution in [-0.4, -0.2) is 48.8 Å². The molecular weight excluding hydrogens is 349 g/mol. The van der Waals surface area contributed by atoms with Crippen molar-refractivity contribution in [2.45, 2.75) is 23.9 Å². The van der Waals surface area contributed by atoms with Crippen molar-refractivity contribution in [1.29, 1.82) is 0 Å². The van der Waals surface area contributed by atoms with Gasteiger partial charge in [0.2, 0.25) is 11.0 Å². The van der Waals surface area contributed by atoms with Gasteiger partial charge in [0.25, 0.3) is 5.91 Å². The highest BCUT2D eigenvalue weighted by atomic mass is 32.2. The Morgan fingerprint density at radius 1 is 1.52 bits per heavy atom. The lowest BCUT2D eigenvalue weighted by Gasteiger charge is -2.24. The van der Waals surface area contributed by atoms with Gasteiger partial charge in [-0.05, 0) is 13.8 Å². The van der Waals surface area contributed by atoms with E-state index in [1.54, 1.807) is 20.0 Å². The van der Waals surface area contributed by atoms with E-state index in [0.29, 0.717) is 0 Å². The van der Waals surface area contributed by atoms with Crippen molar-refractivity contribution in [1.82, 2.24) is 20.2 Å². The highest BCUT2D eigenvalue weighted by Crippen LogP contribution is 2.34. The first kappa shape index (κ1) is 15.9. The summed E-state index contributed by atoms with van der Waals surface area (Å²) in [7, 11) is -1.76. The fraction of sp³-hybridized carbons (Fsp3) is 0.333. The van der Waals surface area contributed by atoms with Crippen molar-refractivity contribution in [3.63, 3.8) is 0 Å². The van der Waals surface area contributed by atoms with Gasteiger partial charge in [-0.15, -0.1) is 0 Å².